The highest BCUT2D eigenvalue weighted by molar-refractivity contribution is 5.87. The summed E-state index contributed by atoms with van der Waals surface area (Å²) in [4.78, 5) is 30.5. The third-order valence-corrected chi connectivity index (χ3v) is 6.64. The molecule has 1 aromatic rings. The van der Waals surface area contributed by atoms with Crippen molar-refractivity contribution in [3.63, 3.8) is 0 Å². The second-order valence-electron chi connectivity index (χ2n) is 9.14. The van der Waals surface area contributed by atoms with Crippen molar-refractivity contribution >= 4 is 17.6 Å². The predicted octanol–water partition coefficient (Wildman–Crippen LogP) is 3.45. The molecule has 1 aromatic carbocycles. The lowest BCUT2D eigenvalue weighted by Crippen LogP contribution is -2.49. The van der Waals surface area contributed by atoms with Gasteiger partial charge in [-0.25, -0.2) is 4.79 Å². The Hall–Kier alpha value is -2.96. The van der Waals surface area contributed by atoms with Gasteiger partial charge in [0.15, 0.2) is 0 Å². The molecule has 7 nitrogen and oxygen atoms in total. The van der Waals surface area contributed by atoms with E-state index >= 15 is 0 Å². The summed E-state index contributed by atoms with van der Waals surface area (Å²) in [6, 6.07) is 4.60. The van der Waals surface area contributed by atoms with E-state index in [1.54, 1.807) is 31.1 Å². The second kappa shape index (κ2) is 9.49. The van der Waals surface area contributed by atoms with Gasteiger partial charge in [0.2, 0.25) is 5.91 Å². The molecule has 2 saturated heterocycles. The third-order valence-electron chi connectivity index (χ3n) is 6.64. The average molecular weight is 466 g/mol. The van der Waals surface area contributed by atoms with Gasteiger partial charge in [-0.05, 0) is 49.3 Å². The van der Waals surface area contributed by atoms with Crippen molar-refractivity contribution in [3.8, 4) is 6.07 Å². The molecule has 0 aliphatic carbocycles. The molecule has 0 aromatic heterocycles. The van der Waals surface area contributed by atoms with E-state index in [1.165, 1.54) is 11.0 Å². The van der Waals surface area contributed by atoms with Crippen molar-refractivity contribution < 1.29 is 22.8 Å². The fraction of sp³-hybridized carbons (Fsp3) is 0.609. The van der Waals surface area contributed by atoms with Gasteiger partial charge in [-0.1, -0.05) is 6.92 Å². The average Bonchev–Trinajstić information content (AvgIpc) is 3.15. The number of urea groups is 1. The van der Waals surface area contributed by atoms with Gasteiger partial charge < -0.3 is 20.0 Å². The molecule has 2 fully saturated rings. The lowest BCUT2D eigenvalue weighted by Gasteiger charge is -2.40. The SMILES string of the molecule is CCCNC(=O)N1CC2(CCN(c3ccc(C#N)c(C(F)(F)F)c3)CC2)CC1C(=O)N(C)C. The minimum absolute atomic E-state index is 0.122. The molecule has 33 heavy (non-hydrogen) atoms. The molecular weight excluding hydrogens is 435 g/mol. The van der Waals surface area contributed by atoms with Crippen molar-refractivity contribution in [1.29, 1.82) is 5.26 Å². The Labute approximate surface area is 192 Å². The number of halogens is 3. The van der Waals surface area contributed by atoms with Crippen LogP contribution >= 0.6 is 0 Å². The number of nitrogens with one attached hydrogen (secondary N) is 1. The molecular formula is C23H30F3N5O2. The standard InChI is InChI=1S/C23H30F3N5O2/c1-4-9-28-21(33)31-15-22(13-19(31)20(32)29(2)3)7-10-30(11-8-22)17-6-5-16(14-27)18(12-17)23(24,25)26/h5-6,12,19H,4,7-11,13,15H2,1-3H3,(H,28,33). The van der Waals surface area contributed by atoms with Crippen LogP contribution in [0.15, 0.2) is 18.2 Å². The van der Waals surface area contributed by atoms with Crippen LogP contribution in [0.25, 0.3) is 0 Å². The zero-order valence-electron chi connectivity index (χ0n) is 19.2. The zero-order valence-corrected chi connectivity index (χ0v) is 19.2. The molecule has 3 rings (SSSR count). The van der Waals surface area contributed by atoms with Crippen LogP contribution in [0, 0.1) is 16.7 Å². The summed E-state index contributed by atoms with van der Waals surface area (Å²) in [5.74, 6) is -0.122. The number of hydrogen-bond donors (Lipinski definition) is 1. The fourth-order valence-electron chi connectivity index (χ4n) is 4.78. The summed E-state index contributed by atoms with van der Waals surface area (Å²) in [6.07, 6.45) is -1.96. The summed E-state index contributed by atoms with van der Waals surface area (Å²) in [6.45, 7) is 3.95. The molecule has 10 heteroatoms. The summed E-state index contributed by atoms with van der Waals surface area (Å²) in [5, 5.41) is 11.9. The largest absolute Gasteiger partial charge is 0.417 e. The van der Waals surface area contributed by atoms with Crippen molar-refractivity contribution in [2.75, 3.05) is 45.2 Å². The maximum atomic E-state index is 13.4. The van der Waals surface area contributed by atoms with Gasteiger partial charge in [-0.2, -0.15) is 18.4 Å². The van der Waals surface area contributed by atoms with Gasteiger partial charge in [0, 0.05) is 46.0 Å². The molecule has 2 aliphatic rings. The molecule has 1 unspecified atom stereocenters. The second-order valence-corrected chi connectivity index (χ2v) is 9.14. The number of likely N-dealkylation sites (tertiary alicyclic amines) is 1. The number of rotatable bonds is 4. The Morgan fingerprint density at radius 1 is 1.27 bits per heavy atom. The van der Waals surface area contributed by atoms with Gasteiger partial charge in [0.25, 0.3) is 0 Å². The highest BCUT2D eigenvalue weighted by Crippen LogP contribution is 2.45. The van der Waals surface area contributed by atoms with Crippen molar-refractivity contribution in [2.24, 2.45) is 5.41 Å². The van der Waals surface area contributed by atoms with Crippen LogP contribution in [0.3, 0.4) is 0 Å². The summed E-state index contributed by atoms with van der Waals surface area (Å²) < 4.78 is 40.1. The Bertz CT molecular complexity index is 933. The van der Waals surface area contributed by atoms with E-state index in [-0.39, 0.29) is 17.4 Å². The van der Waals surface area contributed by atoms with E-state index in [9.17, 15) is 22.8 Å². The quantitative estimate of drug-likeness (QED) is 0.739. The Balaban J connectivity index is 1.77. The van der Waals surface area contributed by atoms with E-state index in [1.807, 2.05) is 11.8 Å². The Morgan fingerprint density at radius 3 is 2.48 bits per heavy atom. The lowest BCUT2D eigenvalue weighted by molar-refractivity contribution is -0.137. The molecule has 2 heterocycles. The number of piperidine rings is 1. The monoisotopic (exact) mass is 465 g/mol. The maximum absolute atomic E-state index is 13.4. The fourth-order valence-corrected chi connectivity index (χ4v) is 4.78. The lowest BCUT2D eigenvalue weighted by atomic mass is 9.76. The molecule has 2 aliphatic heterocycles. The maximum Gasteiger partial charge on any atom is 0.417 e. The van der Waals surface area contributed by atoms with Gasteiger partial charge in [-0.3, -0.25) is 4.79 Å². The summed E-state index contributed by atoms with van der Waals surface area (Å²) in [7, 11) is 3.34. The molecule has 1 atom stereocenters. The number of nitriles is 1. The highest BCUT2D eigenvalue weighted by atomic mass is 19.4. The number of amides is 3. The Kier molecular flexibility index (Phi) is 7.10. The molecule has 0 radical (unpaired) electrons. The van der Waals surface area contributed by atoms with E-state index in [0.29, 0.717) is 51.1 Å². The number of alkyl halides is 3. The Morgan fingerprint density at radius 2 is 1.94 bits per heavy atom. The first-order valence-corrected chi connectivity index (χ1v) is 11.1. The number of anilines is 1. The molecule has 0 saturated carbocycles. The summed E-state index contributed by atoms with van der Waals surface area (Å²) in [5.41, 5.74) is -1.16. The topological polar surface area (TPSA) is 79.7 Å². The number of carbonyl (C=O) groups is 2. The van der Waals surface area contributed by atoms with E-state index in [0.717, 1.165) is 12.5 Å². The number of benzene rings is 1. The first kappa shape index (κ1) is 24.7. The first-order chi connectivity index (χ1) is 15.5. The number of hydrogen-bond acceptors (Lipinski definition) is 4. The molecule has 1 spiro atoms. The smallest absolute Gasteiger partial charge is 0.371 e. The molecule has 3 amide bonds. The van der Waals surface area contributed by atoms with E-state index in [2.05, 4.69) is 5.32 Å². The van der Waals surface area contributed by atoms with Crippen LogP contribution < -0.4 is 10.2 Å². The van der Waals surface area contributed by atoms with Gasteiger partial charge >= 0.3 is 12.2 Å². The number of likely N-dealkylation sites (N-methyl/N-ethyl adjacent to an activating group) is 1. The highest BCUT2D eigenvalue weighted by Gasteiger charge is 2.50. The van der Waals surface area contributed by atoms with Gasteiger partial charge in [-0.15, -0.1) is 0 Å². The van der Waals surface area contributed by atoms with Crippen LogP contribution in [0.5, 0.6) is 0 Å². The van der Waals surface area contributed by atoms with Crippen molar-refractivity contribution in [3.05, 3.63) is 29.3 Å². The van der Waals surface area contributed by atoms with Crippen molar-refractivity contribution in [1.82, 2.24) is 15.1 Å². The van der Waals surface area contributed by atoms with E-state index in [4.69, 9.17) is 5.26 Å². The number of carbonyl (C=O) groups excluding carboxylic acids is 2. The third kappa shape index (κ3) is 5.18. The molecule has 1 N–H and O–H groups in total. The zero-order chi connectivity index (χ0) is 24.4. The predicted molar refractivity (Wildman–Crippen MR) is 118 cm³/mol. The molecule has 0 bridgehead atoms. The minimum Gasteiger partial charge on any atom is -0.371 e. The van der Waals surface area contributed by atoms with Gasteiger partial charge in [0.05, 0.1) is 17.2 Å². The van der Waals surface area contributed by atoms with Crippen LogP contribution in [0.2, 0.25) is 0 Å². The van der Waals surface area contributed by atoms with Gasteiger partial charge in [0.1, 0.15) is 6.04 Å². The normalized spacial score (nSPS) is 20.0. The van der Waals surface area contributed by atoms with Crippen molar-refractivity contribution in [2.45, 2.75) is 44.8 Å². The van der Waals surface area contributed by atoms with Crippen LogP contribution in [0.4, 0.5) is 23.7 Å². The van der Waals surface area contributed by atoms with E-state index < -0.39 is 23.3 Å². The van der Waals surface area contributed by atoms with Crippen LogP contribution in [-0.4, -0.2) is 68.1 Å². The number of nitrogens with zero attached hydrogens (tertiary/aromatic N) is 4. The van der Waals surface area contributed by atoms with Crippen LogP contribution in [-0.2, 0) is 11.0 Å². The van der Waals surface area contributed by atoms with Crippen LogP contribution in [0.1, 0.15) is 43.7 Å². The minimum atomic E-state index is -4.60. The first-order valence-electron chi connectivity index (χ1n) is 11.1. The summed E-state index contributed by atoms with van der Waals surface area (Å²) >= 11 is 0. The molecule has 180 valence electrons.